The fourth-order valence-corrected chi connectivity index (χ4v) is 4.27. The monoisotopic (exact) mass is 419 g/mol. The van der Waals surface area contributed by atoms with Gasteiger partial charge in [-0.15, -0.1) is 0 Å². The molecule has 3 aromatic rings. The first kappa shape index (κ1) is 19.6. The van der Waals surface area contributed by atoms with Crippen LogP contribution in [0.2, 0.25) is 0 Å². The van der Waals surface area contributed by atoms with Crippen molar-refractivity contribution in [2.24, 2.45) is 0 Å². The summed E-state index contributed by atoms with van der Waals surface area (Å²) in [6.07, 6.45) is 1.99. The van der Waals surface area contributed by atoms with Gasteiger partial charge >= 0.3 is 0 Å². The largest absolute Gasteiger partial charge is 0.436 e. The molecule has 2 N–H and O–H groups in total. The first-order chi connectivity index (χ1) is 14.9. The summed E-state index contributed by atoms with van der Waals surface area (Å²) in [6, 6.07) is 8.93. The number of hydrogen-bond donors (Lipinski definition) is 1. The fourth-order valence-electron chi connectivity index (χ4n) is 4.27. The second-order valence-electron chi connectivity index (χ2n) is 8.16. The SMILES string of the molecule is C=C1C(c2nc3ccc(N)cc3o2)=CN(CC)c2cc(N3CCN(C)CC3)c(F)cc21. The van der Waals surface area contributed by atoms with Gasteiger partial charge < -0.3 is 24.9 Å². The molecule has 0 saturated carbocycles. The summed E-state index contributed by atoms with van der Waals surface area (Å²) in [4.78, 5) is 11.1. The third kappa shape index (κ3) is 3.35. The molecule has 0 spiro atoms. The molecule has 1 fully saturated rings. The summed E-state index contributed by atoms with van der Waals surface area (Å²) in [6.45, 7) is 10.5. The van der Waals surface area contributed by atoms with E-state index in [1.807, 2.05) is 18.3 Å². The number of likely N-dealkylation sites (N-methyl/N-ethyl adjacent to an activating group) is 1. The number of oxazole rings is 1. The van der Waals surface area contributed by atoms with E-state index in [9.17, 15) is 0 Å². The van der Waals surface area contributed by atoms with Gasteiger partial charge in [-0.05, 0) is 43.8 Å². The molecule has 1 aromatic heterocycles. The number of nitrogens with zero attached hydrogens (tertiary/aromatic N) is 4. The Kier molecular flexibility index (Phi) is 4.70. The minimum atomic E-state index is -0.230. The number of allylic oxidation sites excluding steroid dienone is 2. The predicted molar refractivity (Wildman–Crippen MR) is 125 cm³/mol. The Morgan fingerprint density at radius 1 is 1.13 bits per heavy atom. The van der Waals surface area contributed by atoms with Crippen LogP contribution in [0.3, 0.4) is 0 Å². The molecule has 0 radical (unpaired) electrons. The van der Waals surface area contributed by atoms with Crippen LogP contribution in [0, 0.1) is 5.82 Å². The van der Waals surface area contributed by atoms with E-state index in [2.05, 4.69) is 40.2 Å². The minimum Gasteiger partial charge on any atom is -0.436 e. The van der Waals surface area contributed by atoms with Crippen LogP contribution in [0.25, 0.3) is 22.2 Å². The van der Waals surface area contributed by atoms with Crippen molar-refractivity contribution in [1.82, 2.24) is 9.88 Å². The Bertz CT molecular complexity index is 1210. The summed E-state index contributed by atoms with van der Waals surface area (Å²) in [5.41, 5.74) is 11.6. The van der Waals surface area contributed by atoms with Crippen molar-refractivity contribution in [2.45, 2.75) is 6.92 Å². The standard InChI is InChI=1S/C24H26FN5O/c1-4-29-14-18(24-27-20-6-5-16(26)11-23(20)31-24)15(2)17-12-19(25)22(13-21(17)29)30-9-7-28(3)8-10-30/h5-6,11-14H,2,4,7-10,26H2,1,3H3. The predicted octanol–water partition coefficient (Wildman–Crippen LogP) is 4.20. The number of rotatable bonds is 3. The number of fused-ring (bicyclic) bond motifs is 2. The average Bonchev–Trinajstić information content (AvgIpc) is 3.17. The van der Waals surface area contributed by atoms with Crippen LogP contribution in [0.1, 0.15) is 18.4 Å². The molecule has 31 heavy (non-hydrogen) atoms. The first-order valence-electron chi connectivity index (χ1n) is 10.6. The quantitative estimate of drug-likeness (QED) is 0.642. The average molecular weight is 420 g/mol. The van der Waals surface area contributed by atoms with Crippen molar-refractivity contribution in [3.05, 3.63) is 60.4 Å². The lowest BCUT2D eigenvalue weighted by Crippen LogP contribution is -2.44. The lowest BCUT2D eigenvalue weighted by atomic mass is 9.93. The molecular weight excluding hydrogens is 393 g/mol. The summed E-state index contributed by atoms with van der Waals surface area (Å²) in [7, 11) is 2.09. The molecule has 5 rings (SSSR count). The minimum absolute atomic E-state index is 0.230. The molecule has 0 unspecified atom stereocenters. The van der Waals surface area contributed by atoms with Crippen molar-refractivity contribution in [2.75, 3.05) is 55.3 Å². The molecule has 0 aliphatic carbocycles. The highest BCUT2D eigenvalue weighted by molar-refractivity contribution is 6.08. The van der Waals surface area contributed by atoms with Crippen LogP contribution in [0.15, 0.2) is 47.5 Å². The van der Waals surface area contributed by atoms with Gasteiger partial charge in [-0.1, -0.05) is 6.58 Å². The molecular formula is C24H26FN5O. The van der Waals surface area contributed by atoms with Gasteiger partial charge in [0.25, 0.3) is 0 Å². The smallest absolute Gasteiger partial charge is 0.229 e. The Labute approximate surface area is 181 Å². The molecule has 2 aliphatic rings. The molecule has 6 nitrogen and oxygen atoms in total. The van der Waals surface area contributed by atoms with Crippen LogP contribution in [-0.2, 0) is 0 Å². The number of halogens is 1. The van der Waals surface area contributed by atoms with Crippen molar-refractivity contribution >= 4 is 39.3 Å². The van der Waals surface area contributed by atoms with Crippen LogP contribution in [0.5, 0.6) is 0 Å². The first-order valence-corrected chi connectivity index (χ1v) is 10.6. The van der Waals surface area contributed by atoms with E-state index in [-0.39, 0.29) is 5.82 Å². The maximum Gasteiger partial charge on any atom is 0.229 e. The second-order valence-corrected chi connectivity index (χ2v) is 8.16. The summed E-state index contributed by atoms with van der Waals surface area (Å²) >= 11 is 0. The van der Waals surface area contributed by atoms with Crippen LogP contribution >= 0.6 is 0 Å². The summed E-state index contributed by atoms with van der Waals surface area (Å²) in [5.74, 6) is 0.227. The second kappa shape index (κ2) is 7.42. The number of anilines is 3. The van der Waals surface area contributed by atoms with Crippen molar-refractivity contribution in [3.63, 3.8) is 0 Å². The van der Waals surface area contributed by atoms with Gasteiger partial charge in [-0.2, -0.15) is 0 Å². The molecule has 7 heteroatoms. The number of piperazine rings is 1. The molecule has 0 amide bonds. The van der Waals surface area contributed by atoms with Gasteiger partial charge in [0.2, 0.25) is 5.89 Å². The van der Waals surface area contributed by atoms with E-state index in [4.69, 9.17) is 10.2 Å². The van der Waals surface area contributed by atoms with Gasteiger partial charge in [0, 0.05) is 56.2 Å². The van der Waals surface area contributed by atoms with Gasteiger partial charge in [0.1, 0.15) is 11.3 Å². The normalized spacial score (nSPS) is 17.3. The highest BCUT2D eigenvalue weighted by Crippen LogP contribution is 2.43. The van der Waals surface area contributed by atoms with E-state index in [0.717, 1.165) is 55.1 Å². The van der Waals surface area contributed by atoms with Crippen molar-refractivity contribution in [1.29, 1.82) is 0 Å². The maximum absolute atomic E-state index is 15.2. The lowest BCUT2D eigenvalue weighted by Gasteiger charge is -2.36. The van der Waals surface area contributed by atoms with E-state index in [1.165, 1.54) is 0 Å². The summed E-state index contributed by atoms with van der Waals surface area (Å²) in [5, 5.41) is 0. The van der Waals surface area contributed by atoms with E-state index >= 15 is 4.39 Å². The van der Waals surface area contributed by atoms with Gasteiger partial charge in [-0.25, -0.2) is 9.37 Å². The van der Waals surface area contributed by atoms with Gasteiger partial charge in [0.05, 0.1) is 16.9 Å². The van der Waals surface area contributed by atoms with E-state index < -0.39 is 0 Å². The van der Waals surface area contributed by atoms with Crippen LogP contribution in [-0.4, -0.2) is 49.7 Å². The molecule has 3 heterocycles. The number of nitrogen functional groups attached to an aromatic ring is 1. The molecule has 0 atom stereocenters. The zero-order valence-corrected chi connectivity index (χ0v) is 17.9. The molecule has 2 aliphatic heterocycles. The third-order valence-electron chi connectivity index (χ3n) is 6.14. The van der Waals surface area contributed by atoms with E-state index in [1.54, 1.807) is 18.2 Å². The topological polar surface area (TPSA) is 61.8 Å². The van der Waals surface area contributed by atoms with Crippen LogP contribution in [0.4, 0.5) is 21.5 Å². The van der Waals surface area contributed by atoms with Crippen molar-refractivity contribution in [3.8, 4) is 0 Å². The van der Waals surface area contributed by atoms with Gasteiger partial charge in [0.15, 0.2) is 5.58 Å². The lowest BCUT2D eigenvalue weighted by molar-refractivity contribution is 0.311. The highest BCUT2D eigenvalue weighted by Gasteiger charge is 2.28. The Morgan fingerprint density at radius 2 is 1.90 bits per heavy atom. The Balaban J connectivity index is 1.55. The molecule has 1 saturated heterocycles. The van der Waals surface area contributed by atoms with Crippen LogP contribution < -0.4 is 15.5 Å². The number of nitrogens with two attached hydrogens (primary N) is 1. The van der Waals surface area contributed by atoms with Crippen molar-refractivity contribution < 1.29 is 8.81 Å². The Hall–Kier alpha value is -3.32. The number of hydrogen-bond acceptors (Lipinski definition) is 6. The maximum atomic E-state index is 15.2. The molecule has 0 bridgehead atoms. The molecule has 160 valence electrons. The fraction of sp³-hybridized carbons (Fsp3) is 0.292. The Morgan fingerprint density at radius 3 is 2.65 bits per heavy atom. The number of aromatic nitrogens is 1. The third-order valence-corrected chi connectivity index (χ3v) is 6.14. The molecule has 2 aromatic carbocycles. The summed E-state index contributed by atoms with van der Waals surface area (Å²) < 4.78 is 21.2. The van der Waals surface area contributed by atoms with E-state index in [0.29, 0.717) is 28.4 Å². The zero-order chi connectivity index (χ0) is 21.7. The zero-order valence-electron chi connectivity index (χ0n) is 17.9. The van der Waals surface area contributed by atoms with Gasteiger partial charge in [-0.3, -0.25) is 0 Å². The highest BCUT2D eigenvalue weighted by atomic mass is 19.1. The number of benzene rings is 2.